The van der Waals surface area contributed by atoms with E-state index in [0.717, 1.165) is 29.8 Å². The maximum atomic E-state index is 13.8. The second-order valence-corrected chi connectivity index (χ2v) is 5.32. The SMILES string of the molecule is Cc1ccc(F)c(Nc2nc(C3CC3)nc(N)c2C)c1. The predicted molar refractivity (Wildman–Crippen MR) is 77.6 cm³/mol. The van der Waals surface area contributed by atoms with Gasteiger partial charge in [0.15, 0.2) is 0 Å². The van der Waals surface area contributed by atoms with E-state index in [9.17, 15) is 4.39 Å². The highest BCUT2D eigenvalue weighted by Crippen LogP contribution is 2.39. The van der Waals surface area contributed by atoms with Gasteiger partial charge in [-0.05, 0) is 44.4 Å². The van der Waals surface area contributed by atoms with Crippen molar-refractivity contribution in [2.45, 2.75) is 32.6 Å². The standard InChI is InChI=1S/C15H17FN4/c1-8-3-6-11(16)12(7-8)18-14-9(2)13(17)19-15(20-14)10-4-5-10/h3,6-7,10H,4-5H2,1-2H3,(H3,17,18,19,20). The molecule has 0 unspecified atom stereocenters. The van der Waals surface area contributed by atoms with Crippen molar-refractivity contribution < 1.29 is 4.39 Å². The smallest absolute Gasteiger partial charge is 0.146 e. The number of rotatable bonds is 3. The van der Waals surface area contributed by atoms with Crippen LogP contribution < -0.4 is 11.1 Å². The number of benzene rings is 1. The topological polar surface area (TPSA) is 63.8 Å². The molecule has 4 nitrogen and oxygen atoms in total. The molecule has 1 aromatic carbocycles. The van der Waals surface area contributed by atoms with Gasteiger partial charge in [0.05, 0.1) is 5.69 Å². The average Bonchev–Trinajstić information content (AvgIpc) is 3.23. The second kappa shape index (κ2) is 4.74. The van der Waals surface area contributed by atoms with Crippen LogP contribution in [0.5, 0.6) is 0 Å². The third kappa shape index (κ3) is 2.43. The van der Waals surface area contributed by atoms with Gasteiger partial charge < -0.3 is 11.1 Å². The fraction of sp³-hybridized carbons (Fsp3) is 0.333. The minimum Gasteiger partial charge on any atom is -0.383 e. The molecule has 104 valence electrons. The number of hydrogen-bond donors (Lipinski definition) is 2. The van der Waals surface area contributed by atoms with Gasteiger partial charge in [-0.25, -0.2) is 14.4 Å². The summed E-state index contributed by atoms with van der Waals surface area (Å²) in [5, 5.41) is 3.04. The van der Waals surface area contributed by atoms with Gasteiger partial charge in [0.2, 0.25) is 0 Å². The van der Waals surface area contributed by atoms with Crippen LogP contribution in [0.1, 0.15) is 35.7 Å². The van der Waals surface area contributed by atoms with Gasteiger partial charge in [0.1, 0.15) is 23.3 Å². The molecule has 1 aliphatic carbocycles. The molecular formula is C15H17FN4. The second-order valence-electron chi connectivity index (χ2n) is 5.32. The monoisotopic (exact) mass is 272 g/mol. The fourth-order valence-electron chi connectivity index (χ4n) is 2.06. The number of halogens is 1. The Morgan fingerprint density at radius 3 is 2.70 bits per heavy atom. The molecule has 2 aromatic rings. The van der Waals surface area contributed by atoms with Gasteiger partial charge in [-0.15, -0.1) is 0 Å². The molecule has 1 aliphatic rings. The minimum atomic E-state index is -0.305. The van der Waals surface area contributed by atoms with Crippen LogP contribution in [0.4, 0.5) is 21.7 Å². The number of nitrogen functional groups attached to an aromatic ring is 1. The molecule has 1 aromatic heterocycles. The van der Waals surface area contributed by atoms with Gasteiger partial charge in [0.25, 0.3) is 0 Å². The van der Waals surface area contributed by atoms with Crippen LogP contribution in [-0.2, 0) is 0 Å². The summed E-state index contributed by atoms with van der Waals surface area (Å²) in [5.74, 6) is 1.89. The van der Waals surface area contributed by atoms with Gasteiger partial charge >= 0.3 is 0 Å². The van der Waals surface area contributed by atoms with Gasteiger partial charge in [0, 0.05) is 11.5 Å². The van der Waals surface area contributed by atoms with E-state index in [4.69, 9.17) is 5.73 Å². The van der Waals surface area contributed by atoms with Crippen LogP contribution in [0.25, 0.3) is 0 Å². The number of nitrogens with one attached hydrogen (secondary N) is 1. The highest BCUT2D eigenvalue weighted by atomic mass is 19.1. The van der Waals surface area contributed by atoms with Crippen LogP contribution in [0.2, 0.25) is 0 Å². The zero-order valence-corrected chi connectivity index (χ0v) is 11.6. The summed E-state index contributed by atoms with van der Waals surface area (Å²) in [6.45, 7) is 3.75. The lowest BCUT2D eigenvalue weighted by Crippen LogP contribution is -2.07. The first-order valence-electron chi connectivity index (χ1n) is 6.72. The molecule has 0 bridgehead atoms. The molecule has 20 heavy (non-hydrogen) atoms. The zero-order chi connectivity index (χ0) is 14.3. The van der Waals surface area contributed by atoms with Crippen molar-refractivity contribution in [1.29, 1.82) is 0 Å². The van der Waals surface area contributed by atoms with E-state index in [-0.39, 0.29) is 5.82 Å². The van der Waals surface area contributed by atoms with Gasteiger partial charge in [-0.2, -0.15) is 0 Å². The van der Waals surface area contributed by atoms with Crippen molar-refractivity contribution >= 4 is 17.3 Å². The highest BCUT2D eigenvalue weighted by molar-refractivity contribution is 5.64. The Morgan fingerprint density at radius 2 is 2.00 bits per heavy atom. The van der Waals surface area contributed by atoms with Crippen molar-refractivity contribution in [2.24, 2.45) is 0 Å². The number of aromatic nitrogens is 2. The summed E-state index contributed by atoms with van der Waals surface area (Å²) in [6, 6.07) is 4.93. The molecule has 1 saturated carbocycles. The number of hydrogen-bond acceptors (Lipinski definition) is 4. The molecule has 0 saturated heterocycles. The summed E-state index contributed by atoms with van der Waals surface area (Å²) < 4.78 is 13.8. The number of nitrogens with two attached hydrogens (primary N) is 1. The van der Waals surface area contributed by atoms with Gasteiger partial charge in [-0.1, -0.05) is 6.07 Å². The maximum absolute atomic E-state index is 13.8. The van der Waals surface area contributed by atoms with Gasteiger partial charge in [-0.3, -0.25) is 0 Å². The van der Waals surface area contributed by atoms with Crippen LogP contribution in [-0.4, -0.2) is 9.97 Å². The fourth-order valence-corrected chi connectivity index (χ4v) is 2.06. The number of aryl methyl sites for hydroxylation is 1. The third-order valence-corrected chi connectivity index (χ3v) is 3.52. The molecule has 3 N–H and O–H groups in total. The molecule has 0 radical (unpaired) electrons. The summed E-state index contributed by atoms with van der Waals surface area (Å²) in [4.78, 5) is 8.80. The summed E-state index contributed by atoms with van der Waals surface area (Å²) in [6.07, 6.45) is 2.20. The lowest BCUT2D eigenvalue weighted by atomic mass is 10.2. The summed E-state index contributed by atoms with van der Waals surface area (Å²) in [7, 11) is 0. The predicted octanol–water partition coefficient (Wildman–Crippen LogP) is 3.44. The van der Waals surface area contributed by atoms with Crippen molar-refractivity contribution in [3.05, 3.63) is 41.0 Å². The first-order chi connectivity index (χ1) is 9.54. The normalized spacial score (nSPS) is 14.3. The van der Waals surface area contributed by atoms with Crippen LogP contribution in [0.15, 0.2) is 18.2 Å². The largest absolute Gasteiger partial charge is 0.383 e. The number of nitrogens with zero attached hydrogens (tertiary/aromatic N) is 2. The summed E-state index contributed by atoms with van der Waals surface area (Å²) >= 11 is 0. The van der Waals surface area contributed by atoms with Crippen molar-refractivity contribution in [2.75, 3.05) is 11.1 Å². The first-order valence-corrected chi connectivity index (χ1v) is 6.72. The van der Waals surface area contributed by atoms with E-state index in [1.807, 2.05) is 13.8 Å². The lowest BCUT2D eigenvalue weighted by Gasteiger charge is -2.13. The Kier molecular flexibility index (Phi) is 3.04. The summed E-state index contributed by atoms with van der Waals surface area (Å²) in [5.41, 5.74) is 8.06. The van der Waals surface area contributed by atoms with Crippen LogP contribution in [0.3, 0.4) is 0 Å². The lowest BCUT2D eigenvalue weighted by molar-refractivity contribution is 0.631. The highest BCUT2D eigenvalue weighted by Gasteiger charge is 2.28. The van der Waals surface area contributed by atoms with Crippen molar-refractivity contribution in [3.8, 4) is 0 Å². The van der Waals surface area contributed by atoms with E-state index in [0.29, 0.717) is 23.2 Å². The van der Waals surface area contributed by atoms with Crippen molar-refractivity contribution in [1.82, 2.24) is 9.97 Å². The maximum Gasteiger partial charge on any atom is 0.146 e. The van der Waals surface area contributed by atoms with Crippen LogP contribution in [0, 0.1) is 19.7 Å². The molecule has 0 atom stereocenters. The number of anilines is 3. The van der Waals surface area contributed by atoms with E-state index in [2.05, 4.69) is 15.3 Å². The zero-order valence-electron chi connectivity index (χ0n) is 11.6. The molecule has 1 heterocycles. The Bertz CT molecular complexity index is 665. The Labute approximate surface area is 117 Å². The molecule has 0 spiro atoms. The third-order valence-electron chi connectivity index (χ3n) is 3.52. The van der Waals surface area contributed by atoms with Crippen LogP contribution >= 0.6 is 0 Å². The molecule has 0 amide bonds. The Hall–Kier alpha value is -2.17. The van der Waals surface area contributed by atoms with E-state index >= 15 is 0 Å². The van der Waals surface area contributed by atoms with Crippen molar-refractivity contribution in [3.63, 3.8) is 0 Å². The Morgan fingerprint density at radius 1 is 1.25 bits per heavy atom. The van der Waals surface area contributed by atoms with E-state index < -0.39 is 0 Å². The molecule has 0 aliphatic heterocycles. The molecular weight excluding hydrogens is 255 g/mol. The Balaban J connectivity index is 1.99. The average molecular weight is 272 g/mol. The van der Waals surface area contributed by atoms with E-state index in [1.54, 1.807) is 12.1 Å². The molecule has 3 rings (SSSR count). The molecule has 5 heteroatoms. The van der Waals surface area contributed by atoms with E-state index in [1.165, 1.54) is 6.07 Å². The minimum absolute atomic E-state index is 0.305. The first kappa shape index (κ1) is 12.8. The quantitative estimate of drug-likeness (QED) is 0.898. The molecule has 1 fully saturated rings.